The fourth-order valence-corrected chi connectivity index (χ4v) is 10.2. The molecule has 0 unspecified atom stereocenters. The van der Waals surface area contributed by atoms with Gasteiger partial charge in [0.1, 0.15) is 0 Å². The number of nitrogen functional groups attached to an aromatic ring is 1. The van der Waals surface area contributed by atoms with E-state index in [9.17, 15) is 0 Å². The molecule has 1 nitrogen and oxygen atoms in total. The molecule has 11 rings (SSSR count). The van der Waals surface area contributed by atoms with E-state index in [0.29, 0.717) is 0 Å². The summed E-state index contributed by atoms with van der Waals surface area (Å²) in [5.74, 6) is 0. The molecule has 1 aromatic heterocycles. The fraction of sp³-hybridized carbons (Fsp3) is 0.0182. The summed E-state index contributed by atoms with van der Waals surface area (Å²) in [5.41, 5.74) is 22.6. The third-order valence-electron chi connectivity index (χ3n) is 11.5. The maximum atomic E-state index is 5.60. The molecule has 57 heavy (non-hydrogen) atoms. The van der Waals surface area contributed by atoms with Gasteiger partial charge in [-0.15, -0.1) is 11.3 Å². The molecule has 0 saturated carbocycles. The van der Waals surface area contributed by atoms with Gasteiger partial charge in [-0.2, -0.15) is 0 Å². The predicted octanol–water partition coefficient (Wildman–Crippen LogP) is 14.6. The Morgan fingerprint density at radius 3 is 1.63 bits per heavy atom. The van der Waals surface area contributed by atoms with E-state index in [2.05, 4.69) is 170 Å². The van der Waals surface area contributed by atoms with Crippen LogP contribution in [0.25, 0.3) is 65.2 Å². The van der Waals surface area contributed by atoms with Gasteiger partial charge in [-0.05, 0) is 109 Å². The van der Waals surface area contributed by atoms with Crippen molar-refractivity contribution >= 4 is 48.8 Å². The highest BCUT2D eigenvalue weighted by Crippen LogP contribution is 2.64. The van der Waals surface area contributed by atoms with Crippen LogP contribution in [0.4, 0.5) is 5.69 Å². The molecule has 0 amide bonds. The first-order valence-electron chi connectivity index (χ1n) is 19.4. The lowest BCUT2D eigenvalue weighted by atomic mass is 9.70. The normalized spacial score (nSPS) is 14.7. The van der Waals surface area contributed by atoms with Crippen LogP contribution in [-0.4, -0.2) is 0 Å². The van der Waals surface area contributed by atoms with Crippen LogP contribution in [0.2, 0.25) is 0 Å². The Kier molecular flexibility index (Phi) is 8.62. The number of nitrogens with two attached hydrogens (primary N) is 1. The van der Waals surface area contributed by atoms with Crippen molar-refractivity contribution in [3.05, 3.63) is 246 Å². The van der Waals surface area contributed by atoms with Crippen LogP contribution in [0.3, 0.4) is 0 Å². The Bertz CT molecular complexity index is 2970. The maximum Gasteiger partial charge on any atom is 0.0725 e. The molecule has 9 aromatic rings. The Morgan fingerprint density at radius 1 is 0.456 bits per heavy atom. The zero-order chi connectivity index (χ0) is 38.3. The molecule has 0 saturated heterocycles. The average Bonchev–Trinajstić information content (AvgIpc) is 3.88. The van der Waals surface area contributed by atoms with Crippen LogP contribution in [0.1, 0.15) is 27.8 Å². The Balaban J connectivity index is 0.000000259. The van der Waals surface area contributed by atoms with E-state index < -0.39 is 5.41 Å². The number of allylic oxidation sites excluding steroid dienone is 4. The second-order valence-corrected chi connectivity index (χ2v) is 15.7. The monoisotopic (exact) mass is 745 g/mol. The molecule has 0 atom stereocenters. The number of benzene rings is 8. The van der Waals surface area contributed by atoms with E-state index in [1.165, 1.54) is 92.5 Å². The van der Waals surface area contributed by atoms with Crippen molar-refractivity contribution in [2.24, 2.45) is 0 Å². The van der Waals surface area contributed by atoms with Gasteiger partial charge in [-0.3, -0.25) is 0 Å². The fourth-order valence-electron chi connectivity index (χ4n) is 9.07. The van der Waals surface area contributed by atoms with Crippen molar-refractivity contribution in [1.82, 2.24) is 0 Å². The molecule has 0 bridgehead atoms. The SMILES string of the molecule is C=C/C=C1\C(=C/c2cc3sc4ccccc4c3cc2-c2ccccc2)C2(c3ccccc31)c1ccccc1-c1ccccc12.Nc1ccc(-c2ccccc2)cc1. The highest BCUT2D eigenvalue weighted by molar-refractivity contribution is 7.25. The molecule has 2 heteroatoms. The number of hydrogen-bond donors (Lipinski definition) is 1. The van der Waals surface area contributed by atoms with Crippen molar-refractivity contribution in [3.63, 3.8) is 0 Å². The summed E-state index contributed by atoms with van der Waals surface area (Å²) in [4.78, 5) is 0. The molecule has 2 aliphatic rings. The first-order valence-corrected chi connectivity index (χ1v) is 20.2. The standard InChI is InChI=1S/C43H28S.C12H11N/c1-2-14-30-31-17-6-10-21-37(31)43(38-22-11-7-18-32(38)33-19-8-12-23-39(33)43)40(30)25-29-26-42-36(34-20-9-13-24-41(34)44-42)27-35(29)28-15-4-3-5-16-28;13-12-8-6-11(7-9-12)10-4-2-1-3-5-10/h2-27H,1H2;1-9H,13H2/b30-14-,40-25+;. The first kappa shape index (κ1) is 34.5. The van der Waals surface area contributed by atoms with Gasteiger partial charge in [-0.1, -0.05) is 183 Å². The highest BCUT2D eigenvalue weighted by atomic mass is 32.1. The van der Waals surface area contributed by atoms with Gasteiger partial charge in [-0.25, -0.2) is 0 Å². The minimum atomic E-state index is -0.429. The topological polar surface area (TPSA) is 26.0 Å². The third kappa shape index (κ3) is 5.68. The van der Waals surface area contributed by atoms with Crippen molar-refractivity contribution in [2.75, 3.05) is 5.73 Å². The first-order chi connectivity index (χ1) is 28.1. The molecule has 1 heterocycles. The van der Waals surface area contributed by atoms with Gasteiger partial charge in [0.05, 0.1) is 5.41 Å². The smallest absolute Gasteiger partial charge is 0.0725 e. The summed E-state index contributed by atoms with van der Waals surface area (Å²) in [5, 5.41) is 2.63. The lowest BCUT2D eigenvalue weighted by molar-refractivity contribution is 0.799. The van der Waals surface area contributed by atoms with E-state index in [-0.39, 0.29) is 0 Å². The lowest BCUT2D eigenvalue weighted by Crippen LogP contribution is -2.26. The van der Waals surface area contributed by atoms with Crippen molar-refractivity contribution < 1.29 is 0 Å². The van der Waals surface area contributed by atoms with Gasteiger partial charge in [0.2, 0.25) is 0 Å². The van der Waals surface area contributed by atoms with E-state index >= 15 is 0 Å². The van der Waals surface area contributed by atoms with Crippen molar-refractivity contribution in [1.29, 1.82) is 0 Å². The third-order valence-corrected chi connectivity index (χ3v) is 12.6. The largest absolute Gasteiger partial charge is 0.399 e. The Labute approximate surface area is 338 Å². The summed E-state index contributed by atoms with van der Waals surface area (Å²) < 4.78 is 2.63. The number of hydrogen-bond acceptors (Lipinski definition) is 2. The van der Waals surface area contributed by atoms with Crippen LogP contribution in [-0.2, 0) is 5.41 Å². The van der Waals surface area contributed by atoms with E-state index in [1.807, 2.05) is 59.9 Å². The summed E-state index contributed by atoms with van der Waals surface area (Å²) in [7, 11) is 0. The molecule has 0 aliphatic heterocycles. The number of fused-ring (bicyclic) bond motifs is 10. The zero-order valence-electron chi connectivity index (χ0n) is 31.4. The number of thiophene rings is 1. The van der Waals surface area contributed by atoms with Crippen LogP contribution in [0.15, 0.2) is 218 Å². The van der Waals surface area contributed by atoms with Gasteiger partial charge >= 0.3 is 0 Å². The predicted molar refractivity (Wildman–Crippen MR) is 245 cm³/mol. The average molecular weight is 746 g/mol. The lowest BCUT2D eigenvalue weighted by Gasteiger charge is -2.31. The quantitative estimate of drug-likeness (QED) is 0.178. The second-order valence-electron chi connectivity index (χ2n) is 14.6. The molecule has 2 N–H and O–H groups in total. The Hall–Kier alpha value is -7.00. The van der Waals surface area contributed by atoms with E-state index in [0.717, 1.165) is 5.69 Å². The van der Waals surface area contributed by atoms with Crippen molar-refractivity contribution in [3.8, 4) is 33.4 Å². The van der Waals surface area contributed by atoms with Gasteiger partial charge < -0.3 is 5.73 Å². The van der Waals surface area contributed by atoms with Crippen LogP contribution < -0.4 is 5.73 Å². The summed E-state index contributed by atoms with van der Waals surface area (Å²) in [6, 6.07) is 69.6. The second kappa shape index (κ2) is 14.3. The summed E-state index contributed by atoms with van der Waals surface area (Å²) in [6.07, 6.45) is 6.64. The van der Waals surface area contributed by atoms with Gasteiger partial charge in [0, 0.05) is 25.9 Å². The molecule has 1 spiro atoms. The molecular formula is C55H39NS. The minimum Gasteiger partial charge on any atom is -0.399 e. The summed E-state index contributed by atoms with van der Waals surface area (Å²) >= 11 is 1.88. The molecule has 8 aromatic carbocycles. The van der Waals surface area contributed by atoms with E-state index in [4.69, 9.17) is 5.73 Å². The molecule has 270 valence electrons. The van der Waals surface area contributed by atoms with Crippen LogP contribution in [0.5, 0.6) is 0 Å². The van der Waals surface area contributed by atoms with Crippen molar-refractivity contribution in [2.45, 2.75) is 5.41 Å². The summed E-state index contributed by atoms with van der Waals surface area (Å²) in [6.45, 7) is 4.17. The van der Waals surface area contributed by atoms with Crippen LogP contribution in [0, 0.1) is 0 Å². The van der Waals surface area contributed by atoms with Gasteiger partial charge in [0.15, 0.2) is 0 Å². The van der Waals surface area contributed by atoms with E-state index in [1.54, 1.807) is 0 Å². The zero-order valence-corrected chi connectivity index (χ0v) is 32.2. The molecule has 0 radical (unpaired) electrons. The number of rotatable bonds is 4. The van der Waals surface area contributed by atoms with Gasteiger partial charge in [0.25, 0.3) is 0 Å². The van der Waals surface area contributed by atoms with Crippen LogP contribution >= 0.6 is 11.3 Å². The number of anilines is 1. The molecular weight excluding hydrogens is 707 g/mol. The molecule has 2 aliphatic carbocycles. The maximum absolute atomic E-state index is 5.60. The molecule has 0 fully saturated rings. The highest BCUT2D eigenvalue weighted by Gasteiger charge is 2.53. The minimum absolute atomic E-state index is 0.429. The Morgan fingerprint density at radius 2 is 0.982 bits per heavy atom.